The molecule has 0 fully saturated rings. The van der Waals surface area contributed by atoms with E-state index in [-0.39, 0.29) is 0 Å². The second kappa shape index (κ2) is 9.94. The number of halogens is 1. The van der Waals surface area contributed by atoms with Gasteiger partial charge in [0.05, 0.1) is 36.9 Å². The fraction of sp³-hybridized carbons (Fsp3) is 0.300. The van der Waals surface area contributed by atoms with Gasteiger partial charge in [0.1, 0.15) is 6.54 Å². The summed E-state index contributed by atoms with van der Waals surface area (Å²) < 4.78 is 36.6. The Labute approximate surface area is 185 Å². The van der Waals surface area contributed by atoms with Crippen LogP contribution in [0.2, 0.25) is 0 Å². The number of methoxy groups -OCH3 is 2. The van der Waals surface area contributed by atoms with E-state index in [4.69, 9.17) is 9.47 Å². The highest BCUT2D eigenvalue weighted by molar-refractivity contribution is 9.10. The third-order valence-electron chi connectivity index (χ3n) is 4.32. The predicted molar refractivity (Wildman–Crippen MR) is 121 cm³/mol. The van der Waals surface area contributed by atoms with Crippen molar-refractivity contribution in [2.75, 3.05) is 31.3 Å². The molecular weight excluding hydrogens is 474 g/mol. The number of amides is 1. The summed E-state index contributed by atoms with van der Waals surface area (Å²) in [7, 11) is -0.617. The number of sulfonamides is 1. The highest BCUT2D eigenvalue weighted by Crippen LogP contribution is 2.35. The number of carbonyl (C=O) groups is 1. The van der Waals surface area contributed by atoms with Crippen LogP contribution in [0.4, 0.5) is 5.69 Å². The number of hydrazone groups is 1. The molecule has 30 heavy (non-hydrogen) atoms. The zero-order valence-corrected chi connectivity index (χ0v) is 19.8. The summed E-state index contributed by atoms with van der Waals surface area (Å²) in [6, 6.07) is 8.65. The normalized spacial score (nSPS) is 11.4. The summed E-state index contributed by atoms with van der Waals surface area (Å²) in [5, 5.41) is 3.91. The molecule has 2 aromatic rings. The third-order valence-corrected chi connectivity index (χ3v) is 6.05. The number of rotatable bonds is 8. The van der Waals surface area contributed by atoms with Crippen LogP contribution < -0.4 is 19.2 Å². The minimum Gasteiger partial charge on any atom is -0.493 e. The summed E-state index contributed by atoms with van der Waals surface area (Å²) in [5.74, 6) is 0.461. The van der Waals surface area contributed by atoms with E-state index in [1.165, 1.54) is 20.4 Å². The number of anilines is 1. The first-order valence-electron chi connectivity index (χ1n) is 8.85. The molecule has 1 amide bonds. The summed E-state index contributed by atoms with van der Waals surface area (Å²) in [6.07, 6.45) is 2.48. The first kappa shape index (κ1) is 23.7. The molecule has 0 aliphatic rings. The van der Waals surface area contributed by atoms with E-state index >= 15 is 0 Å². The van der Waals surface area contributed by atoms with Gasteiger partial charge in [-0.1, -0.05) is 6.07 Å². The van der Waals surface area contributed by atoms with Crippen molar-refractivity contribution in [3.05, 3.63) is 51.5 Å². The molecule has 0 aliphatic carbocycles. The van der Waals surface area contributed by atoms with Gasteiger partial charge in [0.15, 0.2) is 11.5 Å². The fourth-order valence-corrected chi connectivity index (χ4v) is 4.11. The van der Waals surface area contributed by atoms with Crippen molar-refractivity contribution in [3.63, 3.8) is 0 Å². The number of ether oxygens (including phenoxy) is 2. The van der Waals surface area contributed by atoms with Crippen LogP contribution in [0, 0.1) is 13.8 Å². The van der Waals surface area contributed by atoms with E-state index in [0.717, 1.165) is 21.7 Å². The van der Waals surface area contributed by atoms with Gasteiger partial charge in [0.25, 0.3) is 5.91 Å². The van der Waals surface area contributed by atoms with E-state index in [2.05, 4.69) is 26.5 Å². The van der Waals surface area contributed by atoms with Crippen LogP contribution in [-0.4, -0.2) is 47.6 Å². The molecule has 2 rings (SSSR count). The monoisotopic (exact) mass is 497 g/mol. The van der Waals surface area contributed by atoms with Crippen LogP contribution >= 0.6 is 15.9 Å². The van der Waals surface area contributed by atoms with E-state index in [9.17, 15) is 13.2 Å². The van der Waals surface area contributed by atoms with Crippen molar-refractivity contribution in [2.45, 2.75) is 13.8 Å². The minimum atomic E-state index is -3.66. The lowest BCUT2D eigenvalue weighted by molar-refractivity contribution is -0.119. The Morgan fingerprint density at radius 1 is 1.17 bits per heavy atom. The Morgan fingerprint density at radius 3 is 2.43 bits per heavy atom. The molecule has 0 spiro atoms. The van der Waals surface area contributed by atoms with Gasteiger partial charge >= 0.3 is 0 Å². The van der Waals surface area contributed by atoms with Gasteiger partial charge in [-0.15, -0.1) is 0 Å². The van der Waals surface area contributed by atoms with E-state index in [1.54, 1.807) is 24.3 Å². The smallest absolute Gasteiger partial charge is 0.260 e. The van der Waals surface area contributed by atoms with E-state index in [1.807, 2.05) is 19.9 Å². The molecule has 0 aliphatic heterocycles. The zero-order chi connectivity index (χ0) is 22.5. The zero-order valence-electron chi connectivity index (χ0n) is 17.4. The van der Waals surface area contributed by atoms with Crippen molar-refractivity contribution >= 4 is 43.8 Å². The lowest BCUT2D eigenvalue weighted by atomic mass is 10.1. The lowest BCUT2D eigenvalue weighted by Crippen LogP contribution is -2.39. The first-order chi connectivity index (χ1) is 14.1. The maximum atomic E-state index is 12.3. The largest absolute Gasteiger partial charge is 0.493 e. The van der Waals surface area contributed by atoms with Gasteiger partial charge in [0.2, 0.25) is 10.0 Å². The Bertz CT molecular complexity index is 1070. The molecule has 0 atom stereocenters. The Hall–Kier alpha value is -2.59. The summed E-state index contributed by atoms with van der Waals surface area (Å²) in [5.41, 5.74) is 5.38. The average Bonchev–Trinajstić information content (AvgIpc) is 2.67. The quantitative estimate of drug-likeness (QED) is 0.446. The van der Waals surface area contributed by atoms with Crippen LogP contribution in [0.3, 0.4) is 0 Å². The second-order valence-corrected chi connectivity index (χ2v) is 9.33. The second-order valence-electron chi connectivity index (χ2n) is 6.57. The van der Waals surface area contributed by atoms with Crippen LogP contribution in [0.15, 0.2) is 39.9 Å². The van der Waals surface area contributed by atoms with Crippen molar-refractivity contribution in [1.82, 2.24) is 5.43 Å². The van der Waals surface area contributed by atoms with Crippen LogP contribution in [0.1, 0.15) is 16.7 Å². The molecule has 0 unspecified atom stereocenters. The molecule has 10 heteroatoms. The lowest BCUT2D eigenvalue weighted by Gasteiger charge is -2.22. The van der Waals surface area contributed by atoms with Crippen LogP contribution in [0.25, 0.3) is 0 Å². The molecule has 2 aromatic carbocycles. The first-order valence-corrected chi connectivity index (χ1v) is 11.5. The Balaban J connectivity index is 2.15. The predicted octanol–water partition coefficient (Wildman–Crippen LogP) is 3.00. The molecule has 0 bridgehead atoms. The van der Waals surface area contributed by atoms with Crippen molar-refractivity contribution in [1.29, 1.82) is 0 Å². The molecule has 1 N–H and O–H groups in total. The number of benzene rings is 2. The van der Waals surface area contributed by atoms with Crippen LogP contribution in [-0.2, 0) is 14.8 Å². The SMILES string of the molecule is COc1cc(/C=N/NC(=O)CN(c2ccc(C)c(C)c2)S(C)(=O)=O)cc(Br)c1OC. The molecule has 0 saturated heterocycles. The molecule has 0 aromatic heterocycles. The fourth-order valence-electron chi connectivity index (χ4n) is 2.64. The highest BCUT2D eigenvalue weighted by atomic mass is 79.9. The molecule has 0 saturated carbocycles. The standard InChI is InChI=1S/C20H24BrN3O5S/c1-13-6-7-16(8-14(13)2)24(30(5,26)27)12-19(25)23-22-11-15-9-17(21)20(29-4)18(10-15)28-3/h6-11H,12H2,1-5H3,(H,23,25)/b22-11+. The van der Waals surface area contributed by atoms with Crippen molar-refractivity contribution < 1.29 is 22.7 Å². The van der Waals surface area contributed by atoms with Crippen LogP contribution in [0.5, 0.6) is 11.5 Å². The molecular formula is C20H24BrN3O5S. The molecule has 162 valence electrons. The number of hydrogen-bond acceptors (Lipinski definition) is 6. The van der Waals surface area contributed by atoms with Gasteiger partial charge < -0.3 is 9.47 Å². The topological polar surface area (TPSA) is 97.3 Å². The maximum absolute atomic E-state index is 12.3. The van der Waals surface area contributed by atoms with E-state index in [0.29, 0.717) is 27.2 Å². The van der Waals surface area contributed by atoms with Gasteiger partial charge in [-0.25, -0.2) is 13.8 Å². The van der Waals surface area contributed by atoms with Crippen molar-refractivity contribution in [3.8, 4) is 11.5 Å². The van der Waals surface area contributed by atoms with Crippen molar-refractivity contribution in [2.24, 2.45) is 5.10 Å². The summed E-state index contributed by atoms with van der Waals surface area (Å²) in [6.45, 7) is 3.41. The van der Waals surface area contributed by atoms with Gasteiger partial charge in [-0.2, -0.15) is 5.10 Å². The number of aryl methyl sites for hydroxylation is 2. The summed E-state index contributed by atoms with van der Waals surface area (Å²) in [4.78, 5) is 12.3. The molecule has 0 radical (unpaired) electrons. The average molecular weight is 498 g/mol. The third kappa shape index (κ3) is 5.96. The Kier molecular flexibility index (Phi) is 7.85. The molecule has 0 heterocycles. The number of nitrogens with zero attached hydrogens (tertiary/aromatic N) is 2. The molecule has 8 nitrogen and oxygen atoms in total. The van der Waals surface area contributed by atoms with Gasteiger partial charge in [0, 0.05) is 0 Å². The number of nitrogens with one attached hydrogen (secondary N) is 1. The highest BCUT2D eigenvalue weighted by Gasteiger charge is 2.21. The Morgan fingerprint density at radius 2 is 1.87 bits per heavy atom. The van der Waals surface area contributed by atoms with Gasteiger partial charge in [-0.05, 0) is 70.7 Å². The maximum Gasteiger partial charge on any atom is 0.260 e. The number of carbonyl (C=O) groups excluding carboxylic acids is 1. The minimum absolute atomic E-state index is 0.395. The summed E-state index contributed by atoms with van der Waals surface area (Å²) >= 11 is 3.38. The van der Waals surface area contributed by atoms with Gasteiger partial charge in [-0.3, -0.25) is 9.10 Å². The van der Waals surface area contributed by atoms with E-state index < -0.39 is 22.5 Å². The number of hydrogen-bond donors (Lipinski definition) is 1.